The lowest BCUT2D eigenvalue weighted by atomic mass is 10.1. The number of hydrogen-bond acceptors (Lipinski definition) is 5. The van der Waals surface area contributed by atoms with Crippen LogP contribution in [0.5, 0.6) is 0 Å². The third kappa shape index (κ3) is 3.30. The molecule has 148 valence electrons. The third-order valence-corrected chi connectivity index (χ3v) is 5.37. The van der Waals surface area contributed by atoms with Crippen molar-refractivity contribution in [2.75, 3.05) is 18.0 Å². The van der Waals surface area contributed by atoms with Crippen molar-refractivity contribution < 1.29 is 4.79 Å². The van der Waals surface area contributed by atoms with Gasteiger partial charge in [0.1, 0.15) is 0 Å². The number of nitrogens with zero attached hydrogens (tertiary/aromatic N) is 5. The molecule has 1 aromatic carbocycles. The summed E-state index contributed by atoms with van der Waals surface area (Å²) in [4.78, 5) is 44.6. The van der Waals surface area contributed by atoms with Crippen molar-refractivity contribution in [3.63, 3.8) is 0 Å². The topological polar surface area (TPSA) is 82.1 Å². The molecule has 0 saturated carbocycles. The Morgan fingerprint density at radius 3 is 2.25 bits per heavy atom. The number of benzene rings is 1. The second-order valence-electron chi connectivity index (χ2n) is 6.48. The van der Waals surface area contributed by atoms with Gasteiger partial charge in [0, 0.05) is 37.2 Å². The van der Waals surface area contributed by atoms with Crippen molar-refractivity contribution in [1.82, 2.24) is 18.7 Å². The molecule has 2 aromatic heterocycles. The smallest absolute Gasteiger partial charge is 0.332 e. The minimum atomic E-state index is -0.465. The number of aromatic nitrogens is 4. The van der Waals surface area contributed by atoms with Crippen molar-refractivity contribution in [2.24, 2.45) is 14.1 Å². The number of fused-ring (bicyclic) bond motifs is 1. The van der Waals surface area contributed by atoms with Crippen molar-refractivity contribution in [3.8, 4) is 0 Å². The zero-order chi connectivity index (χ0) is 20.6. The van der Waals surface area contributed by atoms with E-state index in [0.29, 0.717) is 24.6 Å². The van der Waals surface area contributed by atoms with E-state index in [1.54, 1.807) is 35.9 Å². The van der Waals surface area contributed by atoms with Crippen molar-refractivity contribution >= 4 is 38.8 Å². The summed E-state index contributed by atoms with van der Waals surface area (Å²) in [6.07, 6.45) is 0. The SMILES string of the molecule is CCN(CC)c1nc2c(c(=O)n(C)c(=O)n2C)n1CC(=O)c1ccc(Br)cc1. The number of anilines is 1. The minimum Gasteiger partial charge on any atom is -0.343 e. The number of hydrogen-bond donors (Lipinski definition) is 0. The van der Waals surface area contributed by atoms with Gasteiger partial charge in [-0.1, -0.05) is 28.1 Å². The van der Waals surface area contributed by atoms with Gasteiger partial charge in [-0.2, -0.15) is 4.98 Å². The van der Waals surface area contributed by atoms with Crippen molar-refractivity contribution in [2.45, 2.75) is 20.4 Å². The first kappa shape index (κ1) is 20.1. The van der Waals surface area contributed by atoms with E-state index >= 15 is 0 Å². The number of halogens is 1. The summed E-state index contributed by atoms with van der Waals surface area (Å²) in [7, 11) is 3.00. The van der Waals surface area contributed by atoms with Gasteiger partial charge in [-0.05, 0) is 26.0 Å². The summed E-state index contributed by atoms with van der Waals surface area (Å²) in [6.45, 7) is 5.21. The summed E-state index contributed by atoms with van der Waals surface area (Å²) >= 11 is 3.36. The number of aryl methyl sites for hydroxylation is 1. The third-order valence-electron chi connectivity index (χ3n) is 4.84. The van der Waals surface area contributed by atoms with Crippen molar-refractivity contribution in [3.05, 3.63) is 55.1 Å². The van der Waals surface area contributed by atoms with Crippen LogP contribution < -0.4 is 16.1 Å². The molecular weight excluding hydrogens is 426 g/mol. The fraction of sp³-hybridized carbons (Fsp3) is 0.368. The quantitative estimate of drug-likeness (QED) is 0.539. The zero-order valence-electron chi connectivity index (χ0n) is 16.3. The second kappa shape index (κ2) is 7.75. The molecule has 8 nitrogen and oxygen atoms in total. The van der Waals surface area contributed by atoms with Gasteiger partial charge in [-0.25, -0.2) is 4.79 Å². The molecule has 0 atom stereocenters. The Morgan fingerprint density at radius 2 is 1.68 bits per heavy atom. The number of imidazole rings is 1. The fourth-order valence-electron chi connectivity index (χ4n) is 3.20. The number of Topliss-reactive ketones (excluding diaryl/α,β-unsaturated/α-hetero) is 1. The van der Waals surface area contributed by atoms with Gasteiger partial charge in [-0.3, -0.25) is 23.3 Å². The van der Waals surface area contributed by atoms with Gasteiger partial charge in [0.05, 0.1) is 6.54 Å². The molecule has 3 rings (SSSR count). The Kier molecular flexibility index (Phi) is 5.55. The van der Waals surface area contributed by atoms with Crippen LogP contribution in [-0.4, -0.2) is 37.6 Å². The molecule has 9 heteroatoms. The molecule has 0 fully saturated rings. The number of rotatable bonds is 6. The van der Waals surface area contributed by atoms with Gasteiger partial charge in [0.25, 0.3) is 5.56 Å². The fourth-order valence-corrected chi connectivity index (χ4v) is 3.47. The predicted octanol–water partition coefficient (Wildman–Crippen LogP) is 1.93. The molecule has 28 heavy (non-hydrogen) atoms. The van der Waals surface area contributed by atoms with Crippen LogP contribution in [0.15, 0.2) is 38.3 Å². The van der Waals surface area contributed by atoms with Crippen LogP contribution in [-0.2, 0) is 20.6 Å². The first-order valence-corrected chi connectivity index (χ1v) is 9.79. The number of ketones is 1. The van der Waals surface area contributed by atoms with Gasteiger partial charge < -0.3 is 4.90 Å². The minimum absolute atomic E-state index is 0.0442. The molecule has 0 saturated heterocycles. The summed E-state index contributed by atoms with van der Waals surface area (Å²) < 4.78 is 4.87. The highest BCUT2D eigenvalue weighted by Crippen LogP contribution is 2.21. The maximum atomic E-state index is 12.9. The van der Waals surface area contributed by atoms with Crippen molar-refractivity contribution in [1.29, 1.82) is 0 Å². The van der Waals surface area contributed by atoms with E-state index < -0.39 is 11.2 Å². The average Bonchev–Trinajstić information content (AvgIpc) is 3.05. The Morgan fingerprint density at radius 1 is 1.07 bits per heavy atom. The molecule has 0 unspecified atom stereocenters. The molecule has 0 amide bonds. The highest BCUT2D eigenvalue weighted by molar-refractivity contribution is 9.10. The second-order valence-corrected chi connectivity index (χ2v) is 7.39. The standard InChI is InChI=1S/C19H22BrN5O3/c1-5-24(6-2)18-21-16-15(17(27)23(4)19(28)22(16)3)25(18)11-14(26)12-7-9-13(20)10-8-12/h7-10H,5-6,11H2,1-4H3. The van der Waals surface area contributed by atoms with Crippen LogP contribution >= 0.6 is 15.9 Å². The molecule has 3 aromatic rings. The highest BCUT2D eigenvalue weighted by atomic mass is 79.9. The number of carbonyl (C=O) groups excluding carboxylic acids is 1. The Balaban J connectivity index is 2.25. The van der Waals surface area contributed by atoms with Gasteiger partial charge in [-0.15, -0.1) is 0 Å². The van der Waals surface area contributed by atoms with E-state index in [1.807, 2.05) is 18.7 Å². The maximum Gasteiger partial charge on any atom is 0.332 e. The monoisotopic (exact) mass is 447 g/mol. The Bertz CT molecular complexity index is 1150. The first-order chi connectivity index (χ1) is 13.3. The van der Waals surface area contributed by atoms with E-state index in [1.165, 1.54) is 11.6 Å². The summed E-state index contributed by atoms with van der Waals surface area (Å²) in [6, 6.07) is 7.06. The molecule has 0 aliphatic heterocycles. The summed E-state index contributed by atoms with van der Waals surface area (Å²) in [5.74, 6) is 0.361. The van der Waals surface area contributed by atoms with Gasteiger partial charge in [0.15, 0.2) is 16.9 Å². The number of carbonyl (C=O) groups is 1. The summed E-state index contributed by atoms with van der Waals surface area (Å²) in [5, 5.41) is 0. The normalized spacial score (nSPS) is 11.2. The lowest BCUT2D eigenvalue weighted by molar-refractivity contribution is 0.0973. The predicted molar refractivity (Wildman–Crippen MR) is 112 cm³/mol. The van der Waals surface area contributed by atoms with Crippen LogP contribution in [0, 0.1) is 0 Å². The largest absolute Gasteiger partial charge is 0.343 e. The molecular formula is C19H22BrN5O3. The maximum absolute atomic E-state index is 12.9. The van der Waals surface area contributed by atoms with Gasteiger partial charge in [0.2, 0.25) is 5.95 Å². The zero-order valence-corrected chi connectivity index (χ0v) is 17.9. The molecule has 2 heterocycles. The molecule has 0 radical (unpaired) electrons. The molecule has 0 spiro atoms. The highest BCUT2D eigenvalue weighted by Gasteiger charge is 2.23. The van der Waals surface area contributed by atoms with Crippen LogP contribution in [0.1, 0.15) is 24.2 Å². The summed E-state index contributed by atoms with van der Waals surface area (Å²) in [5.41, 5.74) is 0.146. The lowest BCUT2D eigenvalue weighted by Crippen LogP contribution is -2.37. The Hall–Kier alpha value is -2.68. The lowest BCUT2D eigenvalue weighted by Gasteiger charge is -2.20. The van der Waals surface area contributed by atoms with E-state index in [9.17, 15) is 14.4 Å². The molecule has 0 bridgehead atoms. The van der Waals surface area contributed by atoms with E-state index in [4.69, 9.17) is 0 Å². The van der Waals surface area contributed by atoms with Crippen LogP contribution in [0.25, 0.3) is 11.2 Å². The van der Waals surface area contributed by atoms with E-state index in [-0.39, 0.29) is 23.5 Å². The molecule has 0 N–H and O–H groups in total. The van der Waals surface area contributed by atoms with Crippen LogP contribution in [0.4, 0.5) is 5.95 Å². The molecule has 0 aliphatic rings. The average molecular weight is 448 g/mol. The van der Waals surface area contributed by atoms with Gasteiger partial charge >= 0.3 is 5.69 Å². The van der Waals surface area contributed by atoms with E-state index in [0.717, 1.165) is 9.04 Å². The molecule has 0 aliphatic carbocycles. The Labute approximate surface area is 170 Å². The first-order valence-electron chi connectivity index (χ1n) is 9.00. The van der Waals surface area contributed by atoms with Crippen LogP contribution in [0.3, 0.4) is 0 Å². The van der Waals surface area contributed by atoms with E-state index in [2.05, 4.69) is 20.9 Å². The van der Waals surface area contributed by atoms with Crippen LogP contribution in [0.2, 0.25) is 0 Å².